The van der Waals surface area contributed by atoms with Crippen molar-refractivity contribution in [3.8, 4) is 0 Å². The molecule has 1 aromatic rings. The fraction of sp³-hybridized carbons (Fsp3) is 0.455. The number of aromatic nitrogens is 2. The van der Waals surface area contributed by atoms with Crippen molar-refractivity contribution in [1.29, 1.82) is 0 Å². The molecule has 0 aliphatic carbocycles. The molecule has 0 saturated heterocycles. The van der Waals surface area contributed by atoms with Crippen molar-refractivity contribution in [2.75, 3.05) is 20.1 Å². The number of hydrogen-bond donors (Lipinski definition) is 2. The highest BCUT2D eigenvalue weighted by atomic mass is 16.5. The van der Waals surface area contributed by atoms with Gasteiger partial charge in [0.25, 0.3) is 18.8 Å². The van der Waals surface area contributed by atoms with Crippen LogP contribution in [0.5, 0.6) is 0 Å². The molecule has 0 spiro atoms. The van der Waals surface area contributed by atoms with Gasteiger partial charge < -0.3 is 19.6 Å². The maximum atomic E-state index is 8.36. The van der Waals surface area contributed by atoms with E-state index in [4.69, 9.17) is 24.3 Å². The van der Waals surface area contributed by atoms with Gasteiger partial charge in [-0.05, 0) is 20.4 Å². The molecular formula is C11H17N3O5. The number of aryl methyl sites for hydroxylation is 1. The molecule has 8 heteroatoms. The highest BCUT2D eigenvalue weighted by Gasteiger charge is 2.14. The first-order chi connectivity index (χ1) is 9.08. The van der Waals surface area contributed by atoms with Crippen LogP contribution in [-0.2, 0) is 9.59 Å². The predicted molar refractivity (Wildman–Crippen MR) is 66.5 cm³/mol. The van der Waals surface area contributed by atoms with Gasteiger partial charge in [-0.2, -0.15) is 4.98 Å². The molecule has 2 heterocycles. The second-order valence-electron chi connectivity index (χ2n) is 3.61. The van der Waals surface area contributed by atoms with Crippen molar-refractivity contribution in [1.82, 2.24) is 15.0 Å². The Balaban J connectivity index is 0.000000465. The molecule has 0 atom stereocenters. The van der Waals surface area contributed by atoms with Crippen LogP contribution in [-0.4, -0.2) is 58.3 Å². The van der Waals surface area contributed by atoms with Crippen LogP contribution in [0.15, 0.2) is 10.6 Å². The molecule has 1 aliphatic heterocycles. The van der Waals surface area contributed by atoms with Crippen LogP contribution in [0.4, 0.5) is 0 Å². The smallest absolute Gasteiger partial charge is 0.290 e. The monoisotopic (exact) mass is 271 g/mol. The molecule has 0 fully saturated rings. The third-order valence-electron chi connectivity index (χ3n) is 2.14. The average Bonchev–Trinajstić information content (AvgIpc) is 2.78. The first-order valence-corrected chi connectivity index (χ1v) is 5.43. The first kappa shape index (κ1) is 16.8. The highest BCUT2D eigenvalue weighted by molar-refractivity contribution is 5.60. The molecule has 0 radical (unpaired) electrons. The lowest BCUT2D eigenvalue weighted by molar-refractivity contribution is -0.123. The summed E-state index contributed by atoms with van der Waals surface area (Å²) in [7, 11) is 2.09. The van der Waals surface area contributed by atoms with Crippen LogP contribution < -0.4 is 0 Å². The molecule has 0 bridgehead atoms. The van der Waals surface area contributed by atoms with Gasteiger partial charge in [-0.3, -0.25) is 9.59 Å². The fourth-order valence-electron chi connectivity index (χ4n) is 1.48. The van der Waals surface area contributed by atoms with E-state index in [1.807, 2.05) is 6.92 Å². The summed E-state index contributed by atoms with van der Waals surface area (Å²) in [6.07, 6.45) is 3.24. The number of likely N-dealkylation sites (N-methyl/N-ethyl adjacent to an activating group) is 1. The minimum Gasteiger partial charge on any atom is -0.483 e. The Kier molecular flexibility index (Phi) is 8.63. The van der Waals surface area contributed by atoms with E-state index in [0.29, 0.717) is 11.7 Å². The second kappa shape index (κ2) is 9.77. The van der Waals surface area contributed by atoms with Crippen molar-refractivity contribution >= 4 is 18.5 Å². The number of carboxylic acid groups (broad SMARTS) is 2. The van der Waals surface area contributed by atoms with Crippen LogP contribution in [0.3, 0.4) is 0 Å². The second-order valence-corrected chi connectivity index (χ2v) is 3.61. The fourth-order valence-corrected chi connectivity index (χ4v) is 1.48. The van der Waals surface area contributed by atoms with Gasteiger partial charge in [0.15, 0.2) is 5.82 Å². The zero-order valence-corrected chi connectivity index (χ0v) is 10.8. The lowest BCUT2D eigenvalue weighted by Gasteiger charge is -2.20. The van der Waals surface area contributed by atoms with Crippen molar-refractivity contribution in [2.45, 2.75) is 13.3 Å². The highest BCUT2D eigenvalue weighted by Crippen LogP contribution is 2.17. The van der Waals surface area contributed by atoms with E-state index in [0.717, 1.165) is 25.1 Å². The largest absolute Gasteiger partial charge is 0.483 e. The van der Waals surface area contributed by atoms with Crippen LogP contribution in [0, 0.1) is 6.92 Å². The molecular weight excluding hydrogens is 254 g/mol. The number of hydrogen-bond acceptors (Lipinski definition) is 6. The van der Waals surface area contributed by atoms with E-state index in [1.165, 1.54) is 0 Å². The van der Waals surface area contributed by atoms with E-state index < -0.39 is 0 Å². The third-order valence-corrected chi connectivity index (χ3v) is 2.14. The molecule has 0 amide bonds. The zero-order chi connectivity index (χ0) is 14.7. The van der Waals surface area contributed by atoms with E-state index in [2.05, 4.69) is 28.2 Å². The molecule has 19 heavy (non-hydrogen) atoms. The molecule has 1 aliphatic rings. The number of nitrogens with zero attached hydrogens (tertiary/aromatic N) is 3. The van der Waals surface area contributed by atoms with Gasteiger partial charge in [0.05, 0.1) is 0 Å². The van der Waals surface area contributed by atoms with Gasteiger partial charge in [-0.25, -0.2) is 0 Å². The number of rotatable bonds is 1. The Bertz CT molecular complexity index is 410. The van der Waals surface area contributed by atoms with Gasteiger partial charge >= 0.3 is 0 Å². The van der Waals surface area contributed by atoms with E-state index in [1.54, 1.807) is 0 Å². The Morgan fingerprint density at radius 2 is 1.95 bits per heavy atom. The molecule has 0 aromatic carbocycles. The molecule has 1 aromatic heterocycles. The Morgan fingerprint density at radius 1 is 1.37 bits per heavy atom. The van der Waals surface area contributed by atoms with Gasteiger partial charge in [0, 0.05) is 18.7 Å². The summed E-state index contributed by atoms with van der Waals surface area (Å²) in [5.74, 6) is 1.37. The summed E-state index contributed by atoms with van der Waals surface area (Å²) in [4.78, 5) is 23.2. The molecule has 106 valence electrons. The van der Waals surface area contributed by atoms with Crippen LogP contribution in [0.2, 0.25) is 0 Å². The maximum absolute atomic E-state index is 8.36. The molecule has 0 unspecified atom stereocenters. The molecule has 2 N–H and O–H groups in total. The summed E-state index contributed by atoms with van der Waals surface area (Å²) in [5.41, 5.74) is 1.15. The van der Waals surface area contributed by atoms with Crippen molar-refractivity contribution in [3.63, 3.8) is 0 Å². The van der Waals surface area contributed by atoms with Crippen molar-refractivity contribution in [2.24, 2.45) is 0 Å². The Labute approximate surface area is 110 Å². The lowest BCUT2D eigenvalue weighted by atomic mass is 10.1. The first-order valence-electron chi connectivity index (χ1n) is 5.43. The van der Waals surface area contributed by atoms with Gasteiger partial charge in [-0.1, -0.05) is 11.2 Å². The van der Waals surface area contributed by atoms with Crippen LogP contribution in [0.1, 0.15) is 18.1 Å². The molecule has 2 rings (SSSR count). The van der Waals surface area contributed by atoms with E-state index >= 15 is 0 Å². The van der Waals surface area contributed by atoms with Crippen molar-refractivity contribution in [3.05, 3.63) is 17.8 Å². The van der Waals surface area contributed by atoms with Gasteiger partial charge in [-0.15, -0.1) is 0 Å². The number of carbonyl (C=O) groups is 2. The summed E-state index contributed by atoms with van der Waals surface area (Å²) in [5, 5.41) is 17.5. The van der Waals surface area contributed by atoms with Gasteiger partial charge in [0.1, 0.15) is 0 Å². The Hall–Kier alpha value is -2.22. The topological polar surface area (TPSA) is 117 Å². The normalized spacial score (nSPS) is 14.1. The maximum Gasteiger partial charge on any atom is 0.290 e. The quantitative estimate of drug-likeness (QED) is 0.709. The SMILES string of the molecule is Cc1noc(C2=CCCN(C)C2)n1.O=CO.O=CO. The van der Waals surface area contributed by atoms with Crippen LogP contribution in [0.25, 0.3) is 5.57 Å². The summed E-state index contributed by atoms with van der Waals surface area (Å²) >= 11 is 0. The minimum atomic E-state index is -0.250. The van der Waals surface area contributed by atoms with Crippen molar-refractivity contribution < 1.29 is 24.3 Å². The third kappa shape index (κ3) is 6.94. The van der Waals surface area contributed by atoms with Crippen LogP contribution >= 0.6 is 0 Å². The summed E-state index contributed by atoms with van der Waals surface area (Å²) in [6.45, 7) is 3.35. The standard InChI is InChI=1S/C9H13N3O.2CH2O2/c1-7-10-9(13-11-7)8-4-3-5-12(2)6-8;2*2-1-3/h4H,3,5-6H2,1-2H3;2*1H,(H,2,3). The average molecular weight is 271 g/mol. The minimum absolute atomic E-state index is 0.250. The van der Waals surface area contributed by atoms with Gasteiger partial charge in [0.2, 0.25) is 0 Å². The van der Waals surface area contributed by atoms with E-state index in [9.17, 15) is 0 Å². The zero-order valence-electron chi connectivity index (χ0n) is 10.8. The lowest BCUT2D eigenvalue weighted by Crippen LogP contribution is -2.25. The molecule has 8 nitrogen and oxygen atoms in total. The summed E-state index contributed by atoms with van der Waals surface area (Å²) < 4.78 is 5.10. The summed E-state index contributed by atoms with van der Waals surface area (Å²) in [6, 6.07) is 0. The molecule has 0 saturated carbocycles. The van der Waals surface area contributed by atoms with E-state index in [-0.39, 0.29) is 12.9 Å². The predicted octanol–water partition coefficient (Wildman–Crippen LogP) is 0.499. The Morgan fingerprint density at radius 3 is 2.37 bits per heavy atom.